The van der Waals surface area contributed by atoms with Gasteiger partial charge in [0.2, 0.25) is 29.5 Å². The van der Waals surface area contributed by atoms with Crippen molar-refractivity contribution >= 4 is 35.3 Å². The molecule has 0 aromatic carbocycles. The summed E-state index contributed by atoms with van der Waals surface area (Å²) in [7, 11) is 0. The molecule has 14 heteroatoms. The largest absolute Gasteiger partial charge is 0.377 e. The van der Waals surface area contributed by atoms with Crippen LogP contribution in [0.25, 0.3) is 0 Å². The van der Waals surface area contributed by atoms with E-state index in [-0.39, 0.29) is 80.4 Å². The Morgan fingerprint density at radius 2 is 1.02 bits per heavy atom. The molecule has 14 nitrogen and oxygen atoms in total. The minimum absolute atomic E-state index is 0.0337. The average Bonchev–Trinajstić information content (AvgIpc) is 3.34. The van der Waals surface area contributed by atoms with E-state index in [2.05, 4.69) is 16.0 Å². The van der Waals surface area contributed by atoms with Gasteiger partial charge in [-0.1, -0.05) is 77.6 Å². The smallest absolute Gasteiger partial charge is 0.246 e. The van der Waals surface area contributed by atoms with E-state index in [1.807, 2.05) is 0 Å². The molecule has 0 aromatic rings. The highest BCUT2D eigenvalue weighted by Crippen LogP contribution is 2.18. The molecule has 51 heavy (non-hydrogen) atoms. The molecule has 1 fully saturated rings. The lowest BCUT2D eigenvalue weighted by molar-refractivity contribution is -0.139. The van der Waals surface area contributed by atoms with Crippen molar-refractivity contribution < 1.29 is 47.7 Å². The molecule has 1 unspecified atom stereocenters. The summed E-state index contributed by atoms with van der Waals surface area (Å²) in [6.45, 7) is 6.91. The minimum Gasteiger partial charge on any atom is -0.377 e. The third-order valence-electron chi connectivity index (χ3n) is 8.35. The first-order chi connectivity index (χ1) is 24.7. The fraction of sp³-hybridized carbons (Fsp3) is 0.838. The molecular weight excluding hydrogens is 660 g/mol. The number of likely N-dealkylation sites (tertiary alicyclic amines) is 1. The molecule has 0 radical (unpaired) electrons. The van der Waals surface area contributed by atoms with Crippen LogP contribution in [0.1, 0.15) is 117 Å². The summed E-state index contributed by atoms with van der Waals surface area (Å²) in [6.07, 6.45) is 16.0. The van der Waals surface area contributed by atoms with Crippen LogP contribution in [0.3, 0.4) is 0 Å². The van der Waals surface area contributed by atoms with Crippen LogP contribution < -0.4 is 16.0 Å². The molecule has 294 valence electrons. The van der Waals surface area contributed by atoms with E-state index in [1.165, 1.54) is 63.2 Å². The highest BCUT2D eigenvalue weighted by Gasteiger charge is 2.35. The molecule has 1 aliphatic heterocycles. The first kappa shape index (κ1) is 46.1. The van der Waals surface area contributed by atoms with Gasteiger partial charge in [-0.3, -0.25) is 33.7 Å². The number of nitrogens with one attached hydrogen (secondary N) is 3. The number of ketones is 1. The van der Waals surface area contributed by atoms with E-state index >= 15 is 0 Å². The first-order valence-corrected chi connectivity index (χ1v) is 19.2. The Morgan fingerprint density at radius 1 is 0.569 bits per heavy atom. The average molecular weight is 727 g/mol. The summed E-state index contributed by atoms with van der Waals surface area (Å²) in [5.74, 6) is -0.945. The number of carbonyl (C=O) groups is 6. The predicted molar refractivity (Wildman–Crippen MR) is 193 cm³/mol. The molecule has 0 bridgehead atoms. The maximum Gasteiger partial charge on any atom is 0.246 e. The van der Waals surface area contributed by atoms with Crippen molar-refractivity contribution in [1.82, 2.24) is 20.9 Å². The predicted octanol–water partition coefficient (Wildman–Crippen LogP) is 3.24. The highest BCUT2D eigenvalue weighted by molar-refractivity contribution is 6.03. The molecule has 5 amide bonds. The molecular formula is C37H66N4O10. The number of Topliss-reactive ketones (excluding diaryl/α,β-unsaturated/α-hetero) is 1. The van der Waals surface area contributed by atoms with Gasteiger partial charge < -0.3 is 34.9 Å². The second-order valence-electron chi connectivity index (χ2n) is 13.2. The Bertz CT molecular complexity index is 996. The lowest BCUT2D eigenvalue weighted by atomic mass is 10.0. The van der Waals surface area contributed by atoms with Gasteiger partial charge in [0.15, 0.2) is 5.78 Å². The summed E-state index contributed by atoms with van der Waals surface area (Å²) in [5.41, 5.74) is 0. The molecule has 1 saturated heterocycles. The van der Waals surface area contributed by atoms with Gasteiger partial charge in [-0.15, -0.1) is 0 Å². The number of hydrogen-bond donors (Lipinski definition) is 3. The van der Waals surface area contributed by atoms with Gasteiger partial charge in [-0.25, -0.2) is 0 Å². The maximum absolute atomic E-state index is 12.0. The third-order valence-corrected chi connectivity index (χ3v) is 8.35. The SMILES string of the molecule is CC(=O)COCCOCCNC(=O)COCCOCCNC(=O)CCCCCCCCCCCCCCCNC(=O)CCN1C(=O)CC(C)C1=O. The van der Waals surface area contributed by atoms with E-state index in [0.29, 0.717) is 59.1 Å². The second-order valence-corrected chi connectivity index (χ2v) is 13.2. The summed E-state index contributed by atoms with van der Waals surface area (Å²) in [4.78, 5) is 71.3. The summed E-state index contributed by atoms with van der Waals surface area (Å²) in [6, 6.07) is 0. The van der Waals surface area contributed by atoms with Crippen LogP contribution in [-0.2, 0) is 47.7 Å². The Balaban J connectivity index is 1.75. The lowest BCUT2D eigenvalue weighted by Gasteiger charge is -2.14. The molecule has 0 saturated carbocycles. The zero-order valence-electron chi connectivity index (χ0n) is 31.4. The summed E-state index contributed by atoms with van der Waals surface area (Å²) < 4.78 is 21.1. The highest BCUT2D eigenvalue weighted by atomic mass is 16.5. The van der Waals surface area contributed by atoms with E-state index in [9.17, 15) is 28.8 Å². The fourth-order valence-electron chi connectivity index (χ4n) is 5.45. The molecule has 1 heterocycles. The Hall–Kier alpha value is -2.94. The van der Waals surface area contributed by atoms with Crippen LogP contribution in [0.2, 0.25) is 0 Å². The minimum atomic E-state index is -0.267. The number of amides is 5. The molecule has 3 N–H and O–H groups in total. The maximum atomic E-state index is 12.0. The van der Waals surface area contributed by atoms with Gasteiger partial charge >= 0.3 is 0 Å². The topological polar surface area (TPSA) is 179 Å². The summed E-state index contributed by atoms with van der Waals surface area (Å²) >= 11 is 0. The number of hydrogen-bond acceptors (Lipinski definition) is 10. The Kier molecular flexibility index (Phi) is 28.7. The van der Waals surface area contributed by atoms with Crippen LogP contribution >= 0.6 is 0 Å². The number of unbranched alkanes of at least 4 members (excludes halogenated alkanes) is 12. The monoisotopic (exact) mass is 726 g/mol. The van der Waals surface area contributed by atoms with Crippen molar-refractivity contribution in [2.24, 2.45) is 5.92 Å². The van der Waals surface area contributed by atoms with Crippen molar-refractivity contribution in [3.8, 4) is 0 Å². The molecule has 1 rings (SSSR count). The molecule has 0 aliphatic carbocycles. The van der Waals surface area contributed by atoms with Gasteiger partial charge in [0, 0.05) is 51.4 Å². The van der Waals surface area contributed by atoms with E-state index < -0.39 is 0 Å². The van der Waals surface area contributed by atoms with Crippen molar-refractivity contribution in [2.75, 3.05) is 79.0 Å². The number of imide groups is 1. The second kappa shape index (κ2) is 31.8. The molecule has 0 spiro atoms. The standard InChI is InChI=1S/C37H66N4O10/c1-31-28-36(46)41(37(31)47)21-17-34(44)38-18-15-13-11-9-7-5-3-4-6-8-10-12-14-16-33(43)39-19-22-48-25-27-51-30-35(45)40-20-23-49-24-26-50-29-32(2)42/h31H,3-30H2,1-2H3,(H,38,44)(H,39,43)(H,40,45). The molecule has 1 atom stereocenters. The first-order valence-electron chi connectivity index (χ1n) is 19.2. The Morgan fingerprint density at radius 3 is 1.55 bits per heavy atom. The number of carbonyl (C=O) groups excluding carboxylic acids is 6. The van der Waals surface area contributed by atoms with Gasteiger partial charge in [0.25, 0.3) is 0 Å². The van der Waals surface area contributed by atoms with Crippen molar-refractivity contribution in [3.63, 3.8) is 0 Å². The van der Waals surface area contributed by atoms with E-state index in [0.717, 1.165) is 32.1 Å². The van der Waals surface area contributed by atoms with Gasteiger partial charge in [-0.05, 0) is 19.8 Å². The van der Waals surface area contributed by atoms with Crippen LogP contribution in [0.4, 0.5) is 0 Å². The lowest BCUT2D eigenvalue weighted by Crippen LogP contribution is -2.35. The number of ether oxygens (including phenoxy) is 4. The van der Waals surface area contributed by atoms with E-state index in [4.69, 9.17) is 18.9 Å². The van der Waals surface area contributed by atoms with Gasteiger partial charge in [0.05, 0.1) is 39.6 Å². The molecule has 0 aromatic heterocycles. The molecule has 1 aliphatic rings. The number of nitrogens with zero attached hydrogens (tertiary/aromatic N) is 1. The fourth-order valence-corrected chi connectivity index (χ4v) is 5.45. The zero-order valence-corrected chi connectivity index (χ0v) is 31.4. The third kappa shape index (κ3) is 27.4. The zero-order chi connectivity index (χ0) is 37.4. The van der Waals surface area contributed by atoms with Crippen LogP contribution in [0.5, 0.6) is 0 Å². The number of rotatable bonds is 35. The van der Waals surface area contributed by atoms with Crippen molar-refractivity contribution in [3.05, 3.63) is 0 Å². The quantitative estimate of drug-likeness (QED) is 0.0649. The van der Waals surface area contributed by atoms with Crippen LogP contribution in [0, 0.1) is 5.92 Å². The van der Waals surface area contributed by atoms with Crippen LogP contribution in [0.15, 0.2) is 0 Å². The van der Waals surface area contributed by atoms with Gasteiger partial charge in [0.1, 0.15) is 13.2 Å². The van der Waals surface area contributed by atoms with E-state index in [1.54, 1.807) is 6.92 Å². The normalized spacial score (nSPS) is 14.2. The summed E-state index contributed by atoms with van der Waals surface area (Å²) in [5, 5.41) is 8.45. The Labute approximate surface area is 305 Å². The van der Waals surface area contributed by atoms with Crippen LogP contribution in [-0.4, -0.2) is 119 Å². The van der Waals surface area contributed by atoms with Crippen molar-refractivity contribution in [2.45, 2.75) is 117 Å². The van der Waals surface area contributed by atoms with Gasteiger partial charge in [-0.2, -0.15) is 0 Å². The van der Waals surface area contributed by atoms with Crippen molar-refractivity contribution in [1.29, 1.82) is 0 Å².